The van der Waals surface area contributed by atoms with Crippen molar-refractivity contribution >= 4 is 6.16 Å². The van der Waals surface area contributed by atoms with Crippen LogP contribution in [0.4, 0.5) is 4.79 Å². The number of fused-ring (bicyclic) bond motifs is 5. The fourth-order valence-electron chi connectivity index (χ4n) is 7.35. The van der Waals surface area contributed by atoms with Gasteiger partial charge in [-0.05, 0) is 81.5 Å². The van der Waals surface area contributed by atoms with Crippen LogP contribution in [0.5, 0.6) is 0 Å². The first-order chi connectivity index (χ1) is 12.9. The zero-order valence-corrected chi connectivity index (χ0v) is 17.5. The van der Waals surface area contributed by atoms with Gasteiger partial charge in [-0.1, -0.05) is 25.5 Å². The lowest BCUT2D eigenvalue weighted by atomic mass is 9.47. The first-order valence-electron chi connectivity index (χ1n) is 11.0. The Hall–Kier alpha value is -1.03. The smallest absolute Gasteiger partial charge is 0.438 e. The van der Waals surface area contributed by atoms with E-state index >= 15 is 0 Å². The molecule has 0 saturated heterocycles. The number of methoxy groups -OCH3 is 1. The molecule has 4 nitrogen and oxygen atoms in total. The van der Waals surface area contributed by atoms with E-state index in [0.717, 1.165) is 37.7 Å². The van der Waals surface area contributed by atoms with Gasteiger partial charge in [0.1, 0.15) is 6.10 Å². The van der Waals surface area contributed by atoms with Crippen LogP contribution in [-0.4, -0.2) is 32.1 Å². The van der Waals surface area contributed by atoms with Crippen LogP contribution in [0.25, 0.3) is 0 Å². The average molecular weight is 377 g/mol. The number of ether oxygens (including phenoxy) is 3. The Morgan fingerprint density at radius 2 is 1.93 bits per heavy atom. The summed E-state index contributed by atoms with van der Waals surface area (Å²) < 4.78 is 16.4. The molecule has 0 aromatic heterocycles. The number of hydrogen-bond donors (Lipinski definition) is 0. The van der Waals surface area contributed by atoms with Gasteiger partial charge in [0.15, 0.2) is 0 Å². The summed E-state index contributed by atoms with van der Waals surface area (Å²) >= 11 is 0. The van der Waals surface area contributed by atoms with Crippen LogP contribution in [0.2, 0.25) is 0 Å². The molecule has 0 N–H and O–H groups in total. The van der Waals surface area contributed by atoms with Crippen LogP contribution in [-0.2, 0) is 14.2 Å². The first-order valence-corrected chi connectivity index (χ1v) is 11.0. The van der Waals surface area contributed by atoms with Crippen molar-refractivity contribution < 1.29 is 19.0 Å². The SMILES string of the molecule is CCO[C@@H]1C=C2CC[C@H]3[C@@H]4CC[C@H](OC(=O)OC)[C@@]4(C)CC[C@@H]3[C@@]2(C)CC1. The van der Waals surface area contributed by atoms with Gasteiger partial charge in [0, 0.05) is 12.0 Å². The molecule has 0 aromatic rings. The van der Waals surface area contributed by atoms with Crippen LogP contribution in [0.1, 0.15) is 72.1 Å². The Bertz CT molecular complexity index is 613. The van der Waals surface area contributed by atoms with Gasteiger partial charge >= 0.3 is 6.16 Å². The quantitative estimate of drug-likeness (QED) is 0.481. The maximum Gasteiger partial charge on any atom is 0.508 e. The molecule has 7 atom stereocenters. The van der Waals surface area contributed by atoms with E-state index in [1.807, 2.05) is 0 Å². The fourth-order valence-corrected chi connectivity index (χ4v) is 7.35. The molecule has 0 aromatic carbocycles. The standard InChI is InChI=1S/C23H36O4/c1-5-26-16-10-12-22(2)15(14-16)6-7-17-18-8-9-20(27-21(24)25-4)23(18,3)13-11-19(17)22/h14,16-20H,5-13H2,1-4H3/t16-,17-,18-,19-,20-,22-,23-/m0/s1. The van der Waals surface area contributed by atoms with Gasteiger partial charge in [-0.25, -0.2) is 4.79 Å². The molecule has 0 radical (unpaired) electrons. The molecule has 0 bridgehead atoms. The molecule has 27 heavy (non-hydrogen) atoms. The number of allylic oxidation sites excluding steroid dienone is 1. The summed E-state index contributed by atoms with van der Waals surface area (Å²) in [5, 5.41) is 0. The Labute approximate surface area is 164 Å². The molecule has 0 spiro atoms. The van der Waals surface area contributed by atoms with Gasteiger partial charge in [-0.2, -0.15) is 0 Å². The predicted octanol–water partition coefficient (Wildman–Crippen LogP) is 5.51. The largest absolute Gasteiger partial charge is 0.508 e. The lowest BCUT2D eigenvalue weighted by molar-refractivity contribution is -0.0877. The lowest BCUT2D eigenvalue weighted by Crippen LogP contribution is -2.52. The van der Waals surface area contributed by atoms with Crippen LogP contribution >= 0.6 is 0 Å². The summed E-state index contributed by atoms with van der Waals surface area (Å²) in [6, 6.07) is 0. The van der Waals surface area contributed by atoms with Crippen molar-refractivity contribution in [2.75, 3.05) is 13.7 Å². The van der Waals surface area contributed by atoms with Gasteiger partial charge in [0.05, 0.1) is 13.2 Å². The summed E-state index contributed by atoms with van der Waals surface area (Å²) in [6.07, 6.45) is 11.8. The third-order valence-electron chi connectivity index (χ3n) is 8.77. The van der Waals surface area contributed by atoms with E-state index < -0.39 is 6.16 Å². The molecule has 4 rings (SSSR count). The highest BCUT2D eigenvalue weighted by Crippen LogP contribution is 2.65. The molecule has 4 aliphatic carbocycles. The summed E-state index contributed by atoms with van der Waals surface area (Å²) in [5.41, 5.74) is 2.13. The molecular weight excluding hydrogens is 340 g/mol. The van der Waals surface area contributed by atoms with Gasteiger partial charge in [-0.3, -0.25) is 0 Å². The minimum atomic E-state index is -0.515. The van der Waals surface area contributed by atoms with Crippen molar-refractivity contribution in [3.05, 3.63) is 11.6 Å². The topological polar surface area (TPSA) is 44.8 Å². The molecule has 3 saturated carbocycles. The fraction of sp³-hybridized carbons (Fsp3) is 0.870. The summed E-state index contributed by atoms with van der Waals surface area (Å²) in [4.78, 5) is 11.7. The maximum atomic E-state index is 11.7. The molecule has 0 amide bonds. The second-order valence-corrected chi connectivity index (χ2v) is 9.74. The van der Waals surface area contributed by atoms with Crippen molar-refractivity contribution in [3.8, 4) is 0 Å². The van der Waals surface area contributed by atoms with Gasteiger partial charge in [-0.15, -0.1) is 0 Å². The Kier molecular flexibility index (Phi) is 5.07. The van der Waals surface area contributed by atoms with Gasteiger partial charge in [0.2, 0.25) is 0 Å². The molecule has 4 aliphatic rings. The zero-order valence-electron chi connectivity index (χ0n) is 17.5. The molecule has 3 fully saturated rings. The highest BCUT2D eigenvalue weighted by atomic mass is 16.7. The monoisotopic (exact) mass is 376 g/mol. The second-order valence-electron chi connectivity index (χ2n) is 9.74. The van der Waals surface area contributed by atoms with Crippen LogP contribution < -0.4 is 0 Å². The summed E-state index contributed by atoms with van der Waals surface area (Å²) in [7, 11) is 1.41. The third kappa shape index (κ3) is 3.03. The van der Waals surface area contributed by atoms with E-state index in [0.29, 0.717) is 17.4 Å². The van der Waals surface area contributed by atoms with E-state index in [1.54, 1.807) is 5.57 Å². The minimum absolute atomic E-state index is 0.0225. The predicted molar refractivity (Wildman–Crippen MR) is 104 cm³/mol. The van der Waals surface area contributed by atoms with Crippen LogP contribution in [0.15, 0.2) is 11.6 Å². The highest BCUT2D eigenvalue weighted by Gasteiger charge is 2.60. The average Bonchev–Trinajstić information content (AvgIpc) is 2.98. The molecule has 152 valence electrons. The number of rotatable bonds is 3. The first kappa shape index (κ1) is 19.3. The van der Waals surface area contributed by atoms with Gasteiger partial charge in [0.25, 0.3) is 0 Å². The third-order valence-corrected chi connectivity index (χ3v) is 8.77. The van der Waals surface area contributed by atoms with E-state index in [-0.39, 0.29) is 11.5 Å². The zero-order chi connectivity index (χ0) is 19.2. The Balaban J connectivity index is 1.54. The van der Waals surface area contributed by atoms with E-state index in [2.05, 4.69) is 26.8 Å². The lowest BCUT2D eigenvalue weighted by Gasteiger charge is -2.58. The Morgan fingerprint density at radius 1 is 1.11 bits per heavy atom. The summed E-state index contributed by atoms with van der Waals surface area (Å²) in [6.45, 7) is 7.79. The second kappa shape index (κ2) is 7.09. The minimum Gasteiger partial charge on any atom is -0.438 e. The van der Waals surface area contributed by atoms with Crippen molar-refractivity contribution in [3.63, 3.8) is 0 Å². The van der Waals surface area contributed by atoms with Crippen molar-refractivity contribution in [1.29, 1.82) is 0 Å². The highest BCUT2D eigenvalue weighted by molar-refractivity contribution is 5.60. The molecule has 0 unspecified atom stereocenters. The van der Waals surface area contributed by atoms with Crippen molar-refractivity contribution in [2.24, 2.45) is 28.6 Å². The van der Waals surface area contributed by atoms with E-state index in [9.17, 15) is 4.79 Å². The van der Waals surface area contributed by atoms with Crippen molar-refractivity contribution in [2.45, 2.75) is 84.3 Å². The van der Waals surface area contributed by atoms with Gasteiger partial charge < -0.3 is 14.2 Å². The van der Waals surface area contributed by atoms with Crippen LogP contribution in [0, 0.1) is 28.6 Å². The molecular formula is C23H36O4. The number of hydrogen-bond acceptors (Lipinski definition) is 4. The maximum absolute atomic E-state index is 11.7. The summed E-state index contributed by atoms with van der Waals surface area (Å²) in [5.74, 6) is 2.21. The van der Waals surface area contributed by atoms with Crippen LogP contribution in [0.3, 0.4) is 0 Å². The van der Waals surface area contributed by atoms with Crippen molar-refractivity contribution in [1.82, 2.24) is 0 Å². The van der Waals surface area contributed by atoms with E-state index in [4.69, 9.17) is 14.2 Å². The number of carbonyl (C=O) groups excluding carboxylic acids is 1. The normalized spacial score (nSPS) is 45.9. The van der Waals surface area contributed by atoms with E-state index in [1.165, 1.54) is 39.2 Å². The molecule has 0 aliphatic heterocycles. The molecule has 4 heteroatoms. The Morgan fingerprint density at radius 3 is 2.67 bits per heavy atom. The molecule has 0 heterocycles. The number of carbonyl (C=O) groups is 1.